The molecule has 1 N–H and O–H groups in total. The lowest BCUT2D eigenvalue weighted by atomic mass is 9.97. The minimum Gasteiger partial charge on any atom is -0.507 e. The second-order valence-corrected chi connectivity index (χ2v) is 9.09. The van der Waals surface area contributed by atoms with E-state index in [1.165, 1.54) is 6.07 Å². The molecule has 3 aromatic carbocycles. The van der Waals surface area contributed by atoms with Gasteiger partial charge in [-0.3, -0.25) is 4.99 Å². The predicted molar refractivity (Wildman–Crippen MR) is 126 cm³/mol. The van der Waals surface area contributed by atoms with E-state index in [2.05, 4.69) is 0 Å². The number of fused-ring (bicyclic) bond motifs is 2. The highest BCUT2D eigenvalue weighted by molar-refractivity contribution is 7.99. The van der Waals surface area contributed by atoms with Crippen molar-refractivity contribution >= 4 is 45.7 Å². The molecule has 0 amide bonds. The monoisotopic (exact) mass is 447 g/mol. The highest BCUT2D eigenvalue weighted by atomic mass is 35.5. The van der Waals surface area contributed by atoms with E-state index in [4.69, 9.17) is 21.0 Å². The van der Waals surface area contributed by atoms with Crippen molar-refractivity contribution in [3.63, 3.8) is 0 Å². The van der Waals surface area contributed by atoms with Crippen LogP contribution in [0.2, 0.25) is 5.02 Å². The maximum absolute atomic E-state index is 12.1. The van der Waals surface area contributed by atoms with Crippen LogP contribution in [0.1, 0.15) is 28.4 Å². The molecule has 154 valence electrons. The molecule has 4 nitrogen and oxygen atoms in total. The van der Waals surface area contributed by atoms with Gasteiger partial charge in [0.2, 0.25) is 0 Å². The summed E-state index contributed by atoms with van der Waals surface area (Å²) < 4.78 is 5.57. The Hall–Kier alpha value is -3.02. The van der Waals surface area contributed by atoms with E-state index in [9.17, 15) is 9.90 Å². The molecule has 1 aliphatic heterocycles. The summed E-state index contributed by atoms with van der Waals surface area (Å²) in [6.07, 6.45) is 0.507. The fourth-order valence-corrected chi connectivity index (χ4v) is 5.53. The molecule has 1 aliphatic rings. The number of hydrogen-bond acceptors (Lipinski definition) is 5. The number of thioether (sulfide) groups is 1. The first-order valence-corrected chi connectivity index (χ1v) is 11.1. The smallest absolute Gasteiger partial charge is 0.336 e. The molecule has 5 rings (SSSR count). The molecule has 0 saturated carbocycles. The Balaban J connectivity index is 1.77. The third-order valence-corrected chi connectivity index (χ3v) is 7.06. The SMILES string of the molecule is Cc1cc(=O)oc2c(C3=Nc4ccccc4S[C@H](c4ccccc4Cl)C3)c(O)ccc12. The lowest BCUT2D eigenvalue weighted by molar-refractivity contribution is 0.471. The third kappa shape index (κ3) is 3.64. The van der Waals surface area contributed by atoms with Gasteiger partial charge >= 0.3 is 5.63 Å². The van der Waals surface area contributed by atoms with E-state index in [0.29, 0.717) is 28.3 Å². The van der Waals surface area contributed by atoms with Gasteiger partial charge in [0.1, 0.15) is 5.75 Å². The second-order valence-electron chi connectivity index (χ2n) is 7.44. The van der Waals surface area contributed by atoms with Crippen LogP contribution >= 0.6 is 23.4 Å². The Labute approximate surface area is 188 Å². The van der Waals surface area contributed by atoms with Crippen LogP contribution in [0, 0.1) is 6.92 Å². The minimum absolute atomic E-state index is 0.0257. The molecule has 1 atom stereocenters. The third-order valence-electron chi connectivity index (χ3n) is 5.41. The maximum atomic E-state index is 12.1. The van der Waals surface area contributed by atoms with E-state index < -0.39 is 5.63 Å². The molecule has 31 heavy (non-hydrogen) atoms. The molecular formula is C25H18ClNO3S. The van der Waals surface area contributed by atoms with E-state index in [0.717, 1.165) is 27.1 Å². The highest BCUT2D eigenvalue weighted by Crippen LogP contribution is 2.48. The van der Waals surface area contributed by atoms with Gasteiger partial charge in [0.05, 0.1) is 17.0 Å². The van der Waals surface area contributed by atoms with Crippen LogP contribution in [0.4, 0.5) is 5.69 Å². The van der Waals surface area contributed by atoms with Gasteiger partial charge in [-0.1, -0.05) is 41.9 Å². The number of rotatable bonds is 2. The van der Waals surface area contributed by atoms with Gasteiger partial charge in [0, 0.05) is 33.0 Å². The second kappa shape index (κ2) is 7.91. The number of aromatic hydroxyl groups is 1. The summed E-state index contributed by atoms with van der Waals surface area (Å²) in [5.74, 6) is 0.0299. The zero-order valence-corrected chi connectivity index (χ0v) is 18.2. The van der Waals surface area contributed by atoms with Gasteiger partial charge in [0.25, 0.3) is 0 Å². The topological polar surface area (TPSA) is 62.8 Å². The van der Waals surface area contributed by atoms with Gasteiger partial charge in [-0.2, -0.15) is 0 Å². The molecule has 1 aromatic heterocycles. The van der Waals surface area contributed by atoms with Gasteiger partial charge < -0.3 is 9.52 Å². The number of phenolic OH excluding ortho intramolecular Hbond substituents is 1. The number of hydrogen-bond donors (Lipinski definition) is 1. The van der Waals surface area contributed by atoms with Crippen LogP contribution in [0.5, 0.6) is 5.75 Å². The number of nitrogens with zero attached hydrogens (tertiary/aromatic N) is 1. The molecule has 0 unspecified atom stereocenters. The van der Waals surface area contributed by atoms with Crippen LogP contribution < -0.4 is 5.63 Å². The van der Waals surface area contributed by atoms with Crippen molar-refractivity contribution in [2.75, 3.05) is 0 Å². The summed E-state index contributed by atoms with van der Waals surface area (Å²) in [6, 6.07) is 20.5. The summed E-state index contributed by atoms with van der Waals surface area (Å²) >= 11 is 8.23. The molecule has 0 radical (unpaired) electrons. The Morgan fingerprint density at radius 3 is 2.71 bits per heavy atom. The number of halogens is 1. The van der Waals surface area contributed by atoms with E-state index in [1.54, 1.807) is 23.9 Å². The quantitative estimate of drug-likeness (QED) is 0.342. The average molecular weight is 448 g/mol. The van der Waals surface area contributed by atoms with Gasteiger partial charge in [-0.05, 0) is 48.4 Å². The molecule has 4 aromatic rings. The molecule has 6 heteroatoms. The summed E-state index contributed by atoms with van der Waals surface area (Å²) in [5, 5.41) is 12.2. The van der Waals surface area contributed by atoms with Gasteiger partial charge in [-0.15, -0.1) is 11.8 Å². The predicted octanol–water partition coefficient (Wildman–Crippen LogP) is 6.82. The largest absolute Gasteiger partial charge is 0.507 e. The number of aliphatic imine (C=N–C) groups is 1. The zero-order chi connectivity index (χ0) is 21.5. The summed E-state index contributed by atoms with van der Waals surface area (Å²) in [4.78, 5) is 18.1. The molecule has 0 bridgehead atoms. The van der Waals surface area contributed by atoms with Crippen LogP contribution in [0.3, 0.4) is 0 Å². The standard InChI is InChI=1S/C25H18ClNO3S/c1-14-12-23(29)30-25-15(14)10-11-20(28)24(25)19-13-22(16-6-2-3-7-17(16)26)31-21-9-5-4-8-18(21)27-19/h2-12,22,28H,13H2,1H3/t22-/m0/s1. The molecule has 2 heterocycles. The van der Waals surface area contributed by atoms with Gasteiger partial charge in [0.15, 0.2) is 5.58 Å². The molecule has 0 spiro atoms. The Kier molecular flexibility index (Phi) is 5.08. The van der Waals surface area contributed by atoms with Crippen molar-refractivity contribution in [2.24, 2.45) is 4.99 Å². The van der Waals surface area contributed by atoms with Crippen molar-refractivity contribution in [2.45, 2.75) is 23.5 Å². The summed E-state index contributed by atoms with van der Waals surface area (Å²) in [5.41, 5.74) is 3.60. The first kappa shape index (κ1) is 19.9. The Bertz CT molecular complexity index is 1410. The molecule has 0 aliphatic carbocycles. The first-order valence-electron chi connectivity index (χ1n) is 9.86. The van der Waals surface area contributed by atoms with Crippen molar-refractivity contribution in [1.29, 1.82) is 0 Å². The van der Waals surface area contributed by atoms with Crippen LogP contribution in [-0.4, -0.2) is 10.8 Å². The lowest BCUT2D eigenvalue weighted by Crippen LogP contribution is -2.09. The first-order chi connectivity index (χ1) is 15.0. The lowest BCUT2D eigenvalue weighted by Gasteiger charge is -2.18. The minimum atomic E-state index is -0.455. The van der Waals surface area contributed by atoms with Crippen molar-refractivity contribution in [1.82, 2.24) is 0 Å². The van der Waals surface area contributed by atoms with E-state index in [1.807, 2.05) is 55.5 Å². The molecule has 0 saturated heterocycles. The van der Waals surface area contributed by atoms with Crippen molar-refractivity contribution < 1.29 is 9.52 Å². The van der Waals surface area contributed by atoms with Crippen molar-refractivity contribution in [3.8, 4) is 5.75 Å². The summed E-state index contributed by atoms with van der Waals surface area (Å²) in [6.45, 7) is 1.85. The van der Waals surface area contributed by atoms with Crippen LogP contribution in [0.25, 0.3) is 11.0 Å². The number of phenols is 1. The fraction of sp³-hybridized carbons (Fsp3) is 0.120. The molecule has 0 fully saturated rings. The number of benzene rings is 3. The fourth-order valence-electron chi connectivity index (χ4n) is 3.93. The Morgan fingerprint density at radius 2 is 1.87 bits per heavy atom. The van der Waals surface area contributed by atoms with Crippen LogP contribution in [-0.2, 0) is 0 Å². The zero-order valence-electron chi connectivity index (χ0n) is 16.6. The molecular weight excluding hydrogens is 430 g/mol. The Morgan fingerprint density at radius 1 is 1.10 bits per heavy atom. The van der Waals surface area contributed by atoms with Gasteiger partial charge in [-0.25, -0.2) is 4.79 Å². The maximum Gasteiger partial charge on any atom is 0.336 e. The van der Waals surface area contributed by atoms with E-state index >= 15 is 0 Å². The normalized spacial score (nSPS) is 15.9. The van der Waals surface area contributed by atoms with Crippen molar-refractivity contribution in [3.05, 3.63) is 98.9 Å². The number of aryl methyl sites for hydroxylation is 1. The average Bonchev–Trinajstić information content (AvgIpc) is 2.93. The highest BCUT2D eigenvalue weighted by Gasteiger charge is 2.27. The van der Waals surface area contributed by atoms with E-state index in [-0.39, 0.29) is 11.0 Å². The number of para-hydroxylation sites is 1. The summed E-state index contributed by atoms with van der Waals surface area (Å²) in [7, 11) is 0. The van der Waals surface area contributed by atoms with Crippen LogP contribution in [0.15, 0.2) is 85.8 Å².